The quantitative estimate of drug-likeness (QED) is 0.614. The molecule has 0 spiro atoms. The minimum absolute atomic E-state index is 0.235. The second kappa shape index (κ2) is 7.94. The van der Waals surface area contributed by atoms with Crippen molar-refractivity contribution in [2.24, 2.45) is 0 Å². The van der Waals surface area contributed by atoms with Crippen LogP contribution in [0.2, 0.25) is 0 Å². The van der Waals surface area contributed by atoms with Crippen LogP contribution in [0.1, 0.15) is 31.2 Å². The van der Waals surface area contributed by atoms with Crippen molar-refractivity contribution in [3.8, 4) is 0 Å². The van der Waals surface area contributed by atoms with Crippen molar-refractivity contribution in [2.75, 3.05) is 30.9 Å². The van der Waals surface area contributed by atoms with Gasteiger partial charge in [0.15, 0.2) is 5.82 Å². The number of nitrogens with one attached hydrogen (secondary N) is 2. The van der Waals surface area contributed by atoms with E-state index in [-0.39, 0.29) is 5.92 Å². The summed E-state index contributed by atoms with van der Waals surface area (Å²) in [5, 5.41) is 20.0. The summed E-state index contributed by atoms with van der Waals surface area (Å²) < 4.78 is 6.91. The predicted molar refractivity (Wildman–Crippen MR) is 99.0 cm³/mol. The van der Waals surface area contributed by atoms with Crippen LogP contribution < -0.4 is 10.6 Å². The number of hydrogen-bond acceptors (Lipinski definition) is 6. The van der Waals surface area contributed by atoms with E-state index in [4.69, 9.17) is 4.74 Å². The second-order valence-corrected chi connectivity index (χ2v) is 6.15. The van der Waals surface area contributed by atoms with Gasteiger partial charge >= 0.3 is 0 Å². The molecule has 2 N–H and O–H groups in total. The van der Waals surface area contributed by atoms with Crippen LogP contribution in [0.5, 0.6) is 0 Å². The standard InChI is InChI=1S/C18H24N6O/c1-13(2)17-21-22-18-15(20-12-14-7-5-4-6-8-14)11-16(23-24(17)18)19-9-10-25-3/h4-8,11,13,20H,9-10,12H2,1-3H3,(H,19,23). The van der Waals surface area contributed by atoms with Crippen molar-refractivity contribution in [2.45, 2.75) is 26.3 Å². The lowest BCUT2D eigenvalue weighted by Gasteiger charge is -2.12. The highest BCUT2D eigenvalue weighted by Crippen LogP contribution is 2.22. The zero-order chi connectivity index (χ0) is 17.6. The number of aromatic nitrogens is 4. The third-order valence-electron chi connectivity index (χ3n) is 3.85. The van der Waals surface area contributed by atoms with Gasteiger partial charge in [0.2, 0.25) is 5.65 Å². The van der Waals surface area contributed by atoms with E-state index in [0.717, 1.165) is 23.0 Å². The minimum atomic E-state index is 0.235. The lowest BCUT2D eigenvalue weighted by atomic mass is 10.2. The van der Waals surface area contributed by atoms with Crippen LogP contribution in [-0.2, 0) is 11.3 Å². The summed E-state index contributed by atoms with van der Waals surface area (Å²) in [4.78, 5) is 0. The molecule has 0 saturated heterocycles. The van der Waals surface area contributed by atoms with Gasteiger partial charge in [-0.05, 0) is 5.56 Å². The summed E-state index contributed by atoms with van der Waals surface area (Å²) in [6, 6.07) is 12.2. The first kappa shape index (κ1) is 17.2. The van der Waals surface area contributed by atoms with E-state index in [1.165, 1.54) is 5.56 Å². The van der Waals surface area contributed by atoms with E-state index < -0.39 is 0 Å². The zero-order valence-corrected chi connectivity index (χ0v) is 14.9. The molecular weight excluding hydrogens is 316 g/mol. The Bertz CT molecular complexity index is 815. The van der Waals surface area contributed by atoms with E-state index >= 15 is 0 Å². The maximum absolute atomic E-state index is 5.10. The fraction of sp³-hybridized carbons (Fsp3) is 0.389. The van der Waals surface area contributed by atoms with Crippen molar-refractivity contribution < 1.29 is 4.74 Å². The summed E-state index contributed by atoms with van der Waals surface area (Å²) in [7, 11) is 1.68. The average molecular weight is 340 g/mol. The van der Waals surface area contributed by atoms with E-state index in [9.17, 15) is 0 Å². The van der Waals surface area contributed by atoms with Crippen molar-refractivity contribution >= 4 is 17.2 Å². The minimum Gasteiger partial charge on any atom is -0.383 e. The molecule has 25 heavy (non-hydrogen) atoms. The maximum atomic E-state index is 5.10. The predicted octanol–water partition coefficient (Wildman–Crippen LogP) is 2.92. The van der Waals surface area contributed by atoms with Gasteiger partial charge in [0.25, 0.3) is 0 Å². The summed E-state index contributed by atoms with van der Waals surface area (Å²) in [6.45, 7) is 6.18. The Kier molecular flexibility index (Phi) is 5.45. The SMILES string of the molecule is COCCNc1cc(NCc2ccccc2)c2nnc(C(C)C)n2n1. The molecule has 7 nitrogen and oxygen atoms in total. The molecule has 2 aromatic heterocycles. The summed E-state index contributed by atoms with van der Waals surface area (Å²) in [6.07, 6.45) is 0. The van der Waals surface area contributed by atoms with Gasteiger partial charge in [0.05, 0.1) is 12.3 Å². The molecule has 3 aromatic rings. The van der Waals surface area contributed by atoms with Crippen LogP contribution in [0.4, 0.5) is 11.5 Å². The molecular formula is C18H24N6O. The fourth-order valence-electron chi connectivity index (χ4n) is 2.55. The molecule has 0 saturated carbocycles. The number of rotatable bonds is 8. The molecule has 0 atom stereocenters. The summed E-state index contributed by atoms with van der Waals surface area (Å²) >= 11 is 0. The van der Waals surface area contributed by atoms with Gasteiger partial charge in [-0.2, -0.15) is 4.52 Å². The third kappa shape index (κ3) is 4.06. The van der Waals surface area contributed by atoms with Gasteiger partial charge in [0.1, 0.15) is 5.82 Å². The molecule has 0 bridgehead atoms. The number of methoxy groups -OCH3 is 1. The number of fused-ring (bicyclic) bond motifs is 1. The first-order valence-corrected chi connectivity index (χ1v) is 8.46. The lowest BCUT2D eigenvalue weighted by Crippen LogP contribution is -2.12. The molecule has 0 fully saturated rings. The zero-order valence-electron chi connectivity index (χ0n) is 14.9. The Morgan fingerprint density at radius 2 is 1.92 bits per heavy atom. The molecule has 0 amide bonds. The Balaban J connectivity index is 1.91. The second-order valence-electron chi connectivity index (χ2n) is 6.15. The van der Waals surface area contributed by atoms with Crippen LogP contribution in [0.3, 0.4) is 0 Å². The fourth-order valence-corrected chi connectivity index (χ4v) is 2.55. The summed E-state index contributed by atoms with van der Waals surface area (Å²) in [5.41, 5.74) is 2.84. The normalized spacial score (nSPS) is 11.2. The Hall–Kier alpha value is -2.67. The van der Waals surface area contributed by atoms with Crippen LogP contribution in [0.25, 0.3) is 5.65 Å². The number of ether oxygens (including phenoxy) is 1. The lowest BCUT2D eigenvalue weighted by molar-refractivity contribution is 0.210. The average Bonchev–Trinajstić information content (AvgIpc) is 3.05. The monoisotopic (exact) mass is 340 g/mol. The molecule has 3 rings (SSSR count). The first-order chi connectivity index (χ1) is 12.2. The molecule has 0 radical (unpaired) electrons. The smallest absolute Gasteiger partial charge is 0.201 e. The van der Waals surface area contributed by atoms with E-state index in [1.54, 1.807) is 7.11 Å². The van der Waals surface area contributed by atoms with E-state index in [2.05, 4.69) is 51.9 Å². The molecule has 0 aliphatic rings. The van der Waals surface area contributed by atoms with Crippen LogP contribution in [-0.4, -0.2) is 40.1 Å². The molecule has 0 unspecified atom stereocenters. The van der Waals surface area contributed by atoms with Crippen molar-refractivity contribution in [1.29, 1.82) is 0 Å². The highest BCUT2D eigenvalue weighted by atomic mass is 16.5. The number of benzene rings is 1. The van der Waals surface area contributed by atoms with Gasteiger partial charge in [-0.1, -0.05) is 44.2 Å². The third-order valence-corrected chi connectivity index (χ3v) is 3.85. The molecule has 2 heterocycles. The Labute approximate surface area is 147 Å². The van der Waals surface area contributed by atoms with Crippen LogP contribution in [0.15, 0.2) is 36.4 Å². The van der Waals surface area contributed by atoms with Gasteiger partial charge < -0.3 is 15.4 Å². The van der Waals surface area contributed by atoms with Gasteiger partial charge in [-0.15, -0.1) is 15.3 Å². The van der Waals surface area contributed by atoms with Crippen LogP contribution >= 0.6 is 0 Å². The van der Waals surface area contributed by atoms with Gasteiger partial charge in [-0.3, -0.25) is 0 Å². The molecule has 0 aliphatic carbocycles. The molecule has 7 heteroatoms. The number of anilines is 2. The summed E-state index contributed by atoms with van der Waals surface area (Å²) in [5.74, 6) is 1.84. The van der Waals surface area contributed by atoms with E-state index in [0.29, 0.717) is 19.7 Å². The molecule has 0 aliphatic heterocycles. The maximum Gasteiger partial charge on any atom is 0.201 e. The largest absolute Gasteiger partial charge is 0.383 e. The van der Waals surface area contributed by atoms with Crippen molar-refractivity contribution in [3.05, 3.63) is 47.8 Å². The van der Waals surface area contributed by atoms with Gasteiger partial charge in [-0.25, -0.2) is 0 Å². The topological polar surface area (TPSA) is 76.4 Å². The van der Waals surface area contributed by atoms with Crippen molar-refractivity contribution in [1.82, 2.24) is 19.8 Å². The highest BCUT2D eigenvalue weighted by Gasteiger charge is 2.15. The van der Waals surface area contributed by atoms with Crippen LogP contribution in [0, 0.1) is 0 Å². The molecule has 132 valence electrons. The molecule has 1 aromatic carbocycles. The Morgan fingerprint density at radius 3 is 2.64 bits per heavy atom. The Morgan fingerprint density at radius 1 is 1.12 bits per heavy atom. The number of hydrogen-bond donors (Lipinski definition) is 2. The highest BCUT2D eigenvalue weighted by molar-refractivity contribution is 5.70. The van der Waals surface area contributed by atoms with Gasteiger partial charge in [0, 0.05) is 32.2 Å². The van der Waals surface area contributed by atoms with E-state index in [1.807, 2.05) is 28.8 Å². The van der Waals surface area contributed by atoms with Crippen molar-refractivity contribution in [3.63, 3.8) is 0 Å². The first-order valence-electron chi connectivity index (χ1n) is 8.46. The number of nitrogens with zero attached hydrogens (tertiary/aromatic N) is 4.